The highest BCUT2D eigenvalue weighted by molar-refractivity contribution is 5.69. The highest BCUT2D eigenvalue weighted by Crippen LogP contribution is 2.17. The van der Waals surface area contributed by atoms with Crippen LogP contribution in [0.5, 0.6) is 0 Å². The standard InChI is InChI=1S/C17H25NO4/c1-5-14(15(20)12-19)18(16(21)22-17(2,3)4)11-13-9-7-6-8-10-13/h5-10,14-15,19-20H,1,11-12H2,2-4H3/t14-,15+/m0/s1. The number of ether oxygens (including phenoxy) is 1. The van der Waals surface area contributed by atoms with Crippen molar-refractivity contribution < 1.29 is 19.7 Å². The lowest BCUT2D eigenvalue weighted by molar-refractivity contribution is -0.00983. The molecule has 1 rings (SSSR count). The van der Waals surface area contributed by atoms with Gasteiger partial charge in [-0.1, -0.05) is 36.4 Å². The minimum Gasteiger partial charge on any atom is -0.444 e. The normalized spacial score (nSPS) is 14.0. The lowest BCUT2D eigenvalue weighted by atomic mass is 10.1. The maximum atomic E-state index is 12.4. The summed E-state index contributed by atoms with van der Waals surface area (Å²) in [5, 5.41) is 19.1. The second-order valence-corrected chi connectivity index (χ2v) is 6.07. The average Bonchev–Trinajstić information content (AvgIpc) is 2.46. The molecular weight excluding hydrogens is 282 g/mol. The lowest BCUT2D eigenvalue weighted by Crippen LogP contribution is -2.48. The van der Waals surface area contributed by atoms with Gasteiger partial charge in [-0.25, -0.2) is 4.79 Å². The Balaban J connectivity index is 3.03. The molecule has 5 heteroatoms. The summed E-state index contributed by atoms with van der Waals surface area (Å²) in [5.74, 6) is 0. The fourth-order valence-electron chi connectivity index (χ4n) is 1.99. The number of nitrogens with zero attached hydrogens (tertiary/aromatic N) is 1. The third-order valence-electron chi connectivity index (χ3n) is 3.01. The fourth-order valence-corrected chi connectivity index (χ4v) is 1.99. The lowest BCUT2D eigenvalue weighted by Gasteiger charge is -2.34. The molecule has 122 valence electrons. The van der Waals surface area contributed by atoms with Gasteiger partial charge in [0.15, 0.2) is 0 Å². The smallest absolute Gasteiger partial charge is 0.411 e. The van der Waals surface area contributed by atoms with Gasteiger partial charge >= 0.3 is 6.09 Å². The zero-order valence-corrected chi connectivity index (χ0v) is 13.4. The minimum absolute atomic E-state index is 0.253. The van der Waals surface area contributed by atoms with Gasteiger partial charge < -0.3 is 14.9 Å². The Kier molecular flexibility index (Phi) is 6.59. The summed E-state index contributed by atoms with van der Waals surface area (Å²) in [7, 11) is 0. The average molecular weight is 307 g/mol. The van der Waals surface area contributed by atoms with Crippen LogP contribution in [0.4, 0.5) is 4.79 Å². The Bertz CT molecular complexity index is 481. The van der Waals surface area contributed by atoms with Gasteiger partial charge in [0.25, 0.3) is 0 Å². The molecule has 0 saturated heterocycles. The van der Waals surface area contributed by atoms with Crippen LogP contribution in [0, 0.1) is 0 Å². The van der Waals surface area contributed by atoms with Crippen LogP contribution in [-0.4, -0.2) is 45.6 Å². The Morgan fingerprint density at radius 2 is 1.95 bits per heavy atom. The van der Waals surface area contributed by atoms with Crippen molar-refractivity contribution in [1.29, 1.82) is 0 Å². The summed E-state index contributed by atoms with van der Waals surface area (Å²) in [4.78, 5) is 13.8. The molecular formula is C17H25NO4. The van der Waals surface area contributed by atoms with Gasteiger partial charge in [-0.05, 0) is 26.3 Å². The van der Waals surface area contributed by atoms with Crippen molar-refractivity contribution in [2.75, 3.05) is 6.61 Å². The van der Waals surface area contributed by atoms with E-state index in [4.69, 9.17) is 4.74 Å². The van der Waals surface area contributed by atoms with E-state index in [1.54, 1.807) is 20.8 Å². The predicted octanol–water partition coefficient (Wildman–Crippen LogP) is 2.33. The molecule has 0 fully saturated rings. The van der Waals surface area contributed by atoms with E-state index in [2.05, 4.69) is 6.58 Å². The first-order valence-corrected chi connectivity index (χ1v) is 7.23. The fraction of sp³-hybridized carbons (Fsp3) is 0.471. The molecule has 22 heavy (non-hydrogen) atoms. The van der Waals surface area contributed by atoms with Crippen LogP contribution in [0.2, 0.25) is 0 Å². The van der Waals surface area contributed by atoms with Crippen LogP contribution in [0.1, 0.15) is 26.3 Å². The number of hydrogen-bond acceptors (Lipinski definition) is 4. The van der Waals surface area contributed by atoms with E-state index in [1.165, 1.54) is 11.0 Å². The first kappa shape index (κ1) is 18.2. The highest BCUT2D eigenvalue weighted by Gasteiger charge is 2.30. The molecule has 2 N–H and O–H groups in total. The first-order valence-electron chi connectivity index (χ1n) is 7.23. The van der Waals surface area contributed by atoms with E-state index in [9.17, 15) is 15.0 Å². The van der Waals surface area contributed by atoms with Gasteiger partial charge in [-0.2, -0.15) is 0 Å². The molecule has 2 atom stereocenters. The van der Waals surface area contributed by atoms with Crippen LogP contribution in [0.15, 0.2) is 43.0 Å². The molecule has 0 aromatic heterocycles. The van der Waals surface area contributed by atoms with Gasteiger partial charge in [0.2, 0.25) is 0 Å². The second-order valence-electron chi connectivity index (χ2n) is 6.07. The molecule has 0 radical (unpaired) electrons. The maximum Gasteiger partial charge on any atom is 0.411 e. The van der Waals surface area contributed by atoms with E-state index >= 15 is 0 Å². The molecule has 1 aromatic carbocycles. The number of carbonyl (C=O) groups is 1. The minimum atomic E-state index is -1.12. The Morgan fingerprint density at radius 3 is 2.41 bits per heavy atom. The number of amides is 1. The quantitative estimate of drug-likeness (QED) is 0.791. The number of aliphatic hydroxyl groups excluding tert-OH is 2. The number of hydrogen-bond donors (Lipinski definition) is 2. The van der Waals surface area contributed by atoms with E-state index in [0.717, 1.165) is 5.56 Å². The predicted molar refractivity (Wildman–Crippen MR) is 85.3 cm³/mol. The SMILES string of the molecule is C=C[C@@H]([C@H](O)CO)N(Cc1ccccc1)C(=O)OC(C)(C)C. The molecule has 0 heterocycles. The van der Waals surface area contributed by atoms with Crippen molar-refractivity contribution >= 4 is 6.09 Å². The van der Waals surface area contributed by atoms with E-state index < -0.39 is 30.4 Å². The molecule has 1 amide bonds. The third kappa shape index (κ3) is 5.50. The Labute approximate surface area is 131 Å². The van der Waals surface area contributed by atoms with Crippen molar-refractivity contribution in [3.05, 3.63) is 48.6 Å². The van der Waals surface area contributed by atoms with Gasteiger partial charge in [0.1, 0.15) is 11.7 Å². The zero-order chi connectivity index (χ0) is 16.8. The summed E-state index contributed by atoms with van der Waals surface area (Å²) in [6.07, 6.45) is -0.240. The largest absolute Gasteiger partial charge is 0.444 e. The monoisotopic (exact) mass is 307 g/mol. The summed E-state index contributed by atoms with van der Waals surface area (Å²) in [6, 6.07) is 8.64. The van der Waals surface area contributed by atoms with Gasteiger partial charge in [0, 0.05) is 6.54 Å². The molecule has 0 unspecified atom stereocenters. The van der Waals surface area contributed by atoms with Crippen LogP contribution in [-0.2, 0) is 11.3 Å². The second kappa shape index (κ2) is 7.96. The van der Waals surface area contributed by atoms with E-state index in [1.807, 2.05) is 30.3 Å². The van der Waals surface area contributed by atoms with E-state index in [-0.39, 0.29) is 6.54 Å². The molecule has 0 aliphatic heterocycles. The van der Waals surface area contributed by atoms with Crippen molar-refractivity contribution in [3.8, 4) is 0 Å². The number of benzene rings is 1. The molecule has 0 aliphatic rings. The number of aliphatic hydroxyl groups is 2. The van der Waals surface area contributed by atoms with Crippen LogP contribution in [0.3, 0.4) is 0 Å². The van der Waals surface area contributed by atoms with Crippen molar-refractivity contribution in [3.63, 3.8) is 0 Å². The summed E-state index contributed by atoms with van der Waals surface area (Å²) < 4.78 is 5.40. The van der Waals surface area contributed by atoms with Gasteiger partial charge in [-0.3, -0.25) is 4.90 Å². The molecule has 0 bridgehead atoms. The summed E-state index contributed by atoms with van der Waals surface area (Å²) >= 11 is 0. The van der Waals surface area contributed by atoms with Gasteiger partial charge in [0.05, 0.1) is 12.6 Å². The highest BCUT2D eigenvalue weighted by atomic mass is 16.6. The summed E-state index contributed by atoms with van der Waals surface area (Å²) in [6.45, 7) is 8.76. The topological polar surface area (TPSA) is 70.0 Å². The molecule has 1 aromatic rings. The van der Waals surface area contributed by atoms with Crippen LogP contribution >= 0.6 is 0 Å². The van der Waals surface area contributed by atoms with Crippen molar-refractivity contribution in [1.82, 2.24) is 4.90 Å². The number of carbonyl (C=O) groups excluding carboxylic acids is 1. The van der Waals surface area contributed by atoms with Crippen LogP contribution in [0.25, 0.3) is 0 Å². The van der Waals surface area contributed by atoms with Crippen molar-refractivity contribution in [2.24, 2.45) is 0 Å². The molecule has 0 aliphatic carbocycles. The zero-order valence-electron chi connectivity index (χ0n) is 13.4. The van der Waals surface area contributed by atoms with Crippen LogP contribution < -0.4 is 0 Å². The Hall–Kier alpha value is -1.85. The molecule has 0 spiro atoms. The third-order valence-corrected chi connectivity index (χ3v) is 3.01. The molecule has 5 nitrogen and oxygen atoms in total. The van der Waals surface area contributed by atoms with E-state index in [0.29, 0.717) is 0 Å². The Morgan fingerprint density at radius 1 is 1.36 bits per heavy atom. The first-order chi connectivity index (χ1) is 10.3. The van der Waals surface area contributed by atoms with Gasteiger partial charge in [-0.15, -0.1) is 6.58 Å². The molecule has 0 saturated carbocycles. The van der Waals surface area contributed by atoms with Crippen molar-refractivity contribution in [2.45, 2.75) is 45.1 Å². The number of rotatable bonds is 6. The maximum absolute atomic E-state index is 12.4. The summed E-state index contributed by atoms with van der Waals surface area (Å²) in [5.41, 5.74) is 0.243.